The average molecular weight is 591 g/mol. The number of halogens is 1. The Kier molecular flexibility index (Phi) is 11.5. The molecule has 0 spiro atoms. The van der Waals surface area contributed by atoms with Gasteiger partial charge in [-0.1, -0.05) is 18.2 Å². The minimum absolute atomic E-state index is 0. The summed E-state index contributed by atoms with van der Waals surface area (Å²) in [6.45, 7) is 12.1. The van der Waals surface area contributed by atoms with Crippen LogP contribution in [0.4, 0.5) is 5.69 Å². The number of nitrogens with zero attached hydrogens (tertiary/aromatic N) is 2. The van der Waals surface area contributed by atoms with Gasteiger partial charge in [0.25, 0.3) is 0 Å². The van der Waals surface area contributed by atoms with Gasteiger partial charge >= 0.3 is 5.97 Å². The van der Waals surface area contributed by atoms with Crippen LogP contribution in [0, 0.1) is 0 Å². The van der Waals surface area contributed by atoms with Crippen molar-refractivity contribution in [3.05, 3.63) is 71.6 Å². The van der Waals surface area contributed by atoms with E-state index < -0.39 is 14.8 Å². The fourth-order valence-corrected chi connectivity index (χ4v) is 4.62. The number of carbonyl (C=O) groups is 1. The van der Waals surface area contributed by atoms with Crippen LogP contribution in [-0.4, -0.2) is 51.9 Å². The third-order valence-corrected chi connectivity index (χ3v) is 6.37. The predicted molar refractivity (Wildman–Crippen MR) is 159 cm³/mol. The van der Waals surface area contributed by atoms with Crippen LogP contribution < -0.4 is 27.2 Å². The van der Waals surface area contributed by atoms with Crippen molar-refractivity contribution < 1.29 is 35.1 Å². The molecule has 10 heteroatoms. The second-order valence-corrected chi connectivity index (χ2v) is 12.2. The van der Waals surface area contributed by atoms with Gasteiger partial charge in [-0.2, -0.15) is 0 Å². The molecule has 0 fully saturated rings. The zero-order chi connectivity index (χ0) is 28.0. The fraction of sp³-hybridized carbons (Fsp3) is 0.310. The van der Waals surface area contributed by atoms with E-state index in [1.54, 1.807) is 12.1 Å². The highest BCUT2D eigenvalue weighted by Crippen LogP contribution is 2.42. The number of hydrogen-bond acceptors (Lipinski definition) is 5. The van der Waals surface area contributed by atoms with Crippen LogP contribution in [0.1, 0.15) is 38.1 Å². The standard InChI is InChI=1S/C28H30N2O3.CH4O2S2.ClH/c1-5-29(6-2)19-13-15-23-25(17-19)33-26-18-20(30(7-3)8-4)14-16-24(26)27(23)21-11-9-10-12-22(21)28(31)32;1-5(2,3)4;/h9-18H,5-8H2,1-4H3;1H3,(H,2,3,4);1H. The molecule has 0 aromatic heterocycles. The Morgan fingerprint density at radius 2 is 1.56 bits per heavy atom. The third kappa shape index (κ3) is 7.77. The van der Waals surface area contributed by atoms with E-state index in [1.807, 2.05) is 12.1 Å². The van der Waals surface area contributed by atoms with Crippen molar-refractivity contribution in [2.45, 2.75) is 27.7 Å². The molecule has 1 aliphatic carbocycles. The predicted octanol–water partition coefficient (Wildman–Crippen LogP) is 2.44. The lowest BCUT2D eigenvalue weighted by atomic mass is 9.90. The van der Waals surface area contributed by atoms with Crippen LogP contribution in [0.2, 0.25) is 0 Å². The van der Waals surface area contributed by atoms with E-state index in [0.29, 0.717) is 5.56 Å². The second-order valence-electron chi connectivity index (χ2n) is 8.77. The number of carboxylic acid groups (broad SMARTS) is 1. The van der Waals surface area contributed by atoms with Crippen LogP contribution in [0.5, 0.6) is 0 Å². The van der Waals surface area contributed by atoms with Gasteiger partial charge < -0.3 is 26.8 Å². The number of thiol groups is 1. The third-order valence-electron chi connectivity index (χ3n) is 6.37. The van der Waals surface area contributed by atoms with Crippen molar-refractivity contribution in [1.29, 1.82) is 0 Å². The number of hydrogen-bond donors (Lipinski definition) is 2. The second kappa shape index (κ2) is 13.9. The maximum atomic E-state index is 12.1. The maximum Gasteiger partial charge on any atom is 0.336 e. The molecular weight excluding hydrogens is 556 g/mol. The van der Waals surface area contributed by atoms with Gasteiger partial charge in [0, 0.05) is 53.7 Å². The van der Waals surface area contributed by atoms with Crippen molar-refractivity contribution in [3.8, 4) is 22.5 Å². The lowest BCUT2D eigenvalue weighted by Gasteiger charge is -2.22. The molecule has 0 amide bonds. The Hall–Kier alpha value is -3.01. The number of anilines is 1. The number of carboxylic acids is 1. The molecular formula is C29H35ClN2O5S2. The maximum absolute atomic E-state index is 12.1. The summed E-state index contributed by atoms with van der Waals surface area (Å²) in [6.07, 6.45) is 1.02. The summed E-state index contributed by atoms with van der Waals surface area (Å²) < 4.78 is 27.7. The largest absolute Gasteiger partial charge is 1.00 e. The summed E-state index contributed by atoms with van der Waals surface area (Å²) in [5.74, 6) is -0.189. The summed E-state index contributed by atoms with van der Waals surface area (Å²) in [7, 11) is -2.97. The van der Waals surface area contributed by atoms with Crippen LogP contribution in [0.3, 0.4) is 0 Å². The quantitative estimate of drug-likeness (QED) is 0.149. The molecule has 0 unspecified atom stereocenters. The van der Waals surface area contributed by atoms with Crippen LogP contribution in [0.25, 0.3) is 33.4 Å². The molecule has 0 bridgehead atoms. The van der Waals surface area contributed by atoms with Gasteiger partial charge in [0.2, 0.25) is 5.36 Å². The summed E-state index contributed by atoms with van der Waals surface area (Å²) in [5, 5.41) is 11.9. The van der Waals surface area contributed by atoms with E-state index in [9.17, 15) is 18.3 Å². The SMILES string of the molecule is CCN(CC)c1ccc2c(-c3ccccc3C(=O)O)c3ccc(=[N+](CC)CC)cc-3oc2c1.CS(=O)(=O)S.[Cl-]. The van der Waals surface area contributed by atoms with Crippen LogP contribution >= 0.6 is 11.7 Å². The monoisotopic (exact) mass is 590 g/mol. The molecule has 0 atom stereocenters. The number of aromatic carboxylic acids is 1. The number of fused-ring (bicyclic) bond motifs is 2. The topological polar surface area (TPSA) is 90.8 Å². The highest BCUT2D eigenvalue weighted by molar-refractivity contribution is 8.63. The molecule has 4 rings (SSSR count). The highest BCUT2D eigenvalue weighted by Gasteiger charge is 2.22. The fourth-order valence-electron chi connectivity index (χ4n) is 4.62. The lowest BCUT2D eigenvalue weighted by Crippen LogP contribution is -3.00. The molecule has 2 aromatic carbocycles. The summed E-state index contributed by atoms with van der Waals surface area (Å²) >= 11 is 3.09. The summed E-state index contributed by atoms with van der Waals surface area (Å²) in [4.78, 5) is 14.3. The van der Waals surface area contributed by atoms with Crippen LogP contribution in [0.15, 0.2) is 65.1 Å². The van der Waals surface area contributed by atoms with Gasteiger partial charge in [-0.3, -0.25) is 0 Å². The van der Waals surface area contributed by atoms with E-state index in [4.69, 9.17) is 4.42 Å². The molecule has 7 nitrogen and oxygen atoms in total. The first-order chi connectivity index (χ1) is 18.0. The Bertz CT molecular complexity index is 1580. The Morgan fingerprint density at radius 1 is 0.949 bits per heavy atom. The lowest BCUT2D eigenvalue weighted by molar-refractivity contribution is -0.0000260. The zero-order valence-electron chi connectivity index (χ0n) is 22.8. The zero-order valence-corrected chi connectivity index (χ0v) is 25.3. The van der Waals surface area contributed by atoms with E-state index in [0.717, 1.165) is 71.3 Å². The summed E-state index contributed by atoms with van der Waals surface area (Å²) in [5.41, 5.74) is 4.62. The minimum atomic E-state index is -2.97. The van der Waals surface area contributed by atoms with Gasteiger partial charge in [-0.05, 0) is 69.2 Å². The van der Waals surface area contributed by atoms with Gasteiger partial charge in [0.05, 0.1) is 11.6 Å². The Balaban J connectivity index is 0.000000816. The molecule has 39 heavy (non-hydrogen) atoms. The van der Waals surface area contributed by atoms with Gasteiger partial charge in [0.15, 0.2) is 8.87 Å². The molecule has 0 radical (unpaired) electrons. The Morgan fingerprint density at radius 3 is 2.13 bits per heavy atom. The normalized spacial score (nSPS) is 10.9. The minimum Gasteiger partial charge on any atom is -1.00 e. The van der Waals surface area contributed by atoms with E-state index in [2.05, 4.69) is 85.2 Å². The molecule has 1 aliphatic heterocycles. The molecule has 2 aromatic rings. The average Bonchev–Trinajstić information content (AvgIpc) is 2.87. The number of benzene rings is 3. The molecule has 0 saturated heterocycles. The van der Waals surface area contributed by atoms with Crippen LogP contribution in [-0.2, 0) is 8.87 Å². The molecule has 1 heterocycles. The smallest absolute Gasteiger partial charge is 0.336 e. The van der Waals surface area contributed by atoms with Gasteiger partial charge in [0.1, 0.15) is 24.4 Å². The first kappa shape index (κ1) is 32.2. The van der Waals surface area contributed by atoms with Crippen molar-refractivity contribution in [3.63, 3.8) is 0 Å². The van der Waals surface area contributed by atoms with Gasteiger partial charge in [-0.25, -0.2) is 17.8 Å². The van der Waals surface area contributed by atoms with Crippen molar-refractivity contribution in [2.75, 3.05) is 37.3 Å². The summed E-state index contributed by atoms with van der Waals surface area (Å²) in [6, 6.07) is 19.6. The first-order valence-electron chi connectivity index (χ1n) is 12.6. The molecule has 1 N–H and O–H groups in total. The van der Waals surface area contributed by atoms with Crippen molar-refractivity contribution in [2.24, 2.45) is 0 Å². The Labute approximate surface area is 241 Å². The van der Waals surface area contributed by atoms with E-state index in [-0.39, 0.29) is 18.0 Å². The van der Waals surface area contributed by atoms with Crippen molar-refractivity contribution >= 4 is 43.2 Å². The van der Waals surface area contributed by atoms with E-state index in [1.165, 1.54) is 0 Å². The molecule has 0 saturated carbocycles. The molecule has 210 valence electrons. The van der Waals surface area contributed by atoms with Gasteiger partial charge in [-0.15, -0.1) is 0 Å². The van der Waals surface area contributed by atoms with Crippen molar-refractivity contribution in [1.82, 2.24) is 4.58 Å². The highest BCUT2D eigenvalue weighted by atomic mass is 35.5. The first-order valence-corrected chi connectivity index (χ1v) is 15.5. The number of rotatable bonds is 7. The van der Waals surface area contributed by atoms with E-state index >= 15 is 0 Å². The molecule has 2 aliphatic rings.